The summed E-state index contributed by atoms with van der Waals surface area (Å²) >= 11 is 0. The second-order valence-electron chi connectivity index (χ2n) is 4.80. The summed E-state index contributed by atoms with van der Waals surface area (Å²) in [6.45, 7) is 5.26. The lowest BCUT2D eigenvalue weighted by molar-refractivity contribution is 0.244. The molecule has 0 aliphatic rings. The van der Waals surface area contributed by atoms with Crippen LogP contribution in [-0.4, -0.2) is 20.1 Å². The molecule has 2 aromatic rings. The van der Waals surface area contributed by atoms with E-state index < -0.39 is 10.0 Å². The summed E-state index contributed by atoms with van der Waals surface area (Å²) < 4.78 is 32.2. The summed E-state index contributed by atoms with van der Waals surface area (Å²) in [5.41, 5.74) is 1.60. The van der Waals surface area contributed by atoms with E-state index in [1.54, 1.807) is 19.9 Å². The van der Waals surface area contributed by atoms with Gasteiger partial charge < -0.3 is 9.52 Å². The van der Waals surface area contributed by atoms with E-state index in [1.165, 1.54) is 10.4 Å². The average molecular weight is 309 g/mol. The molecule has 0 aliphatic carbocycles. The molecule has 0 radical (unpaired) electrons. The molecule has 0 amide bonds. The molecule has 0 unspecified atom stereocenters. The Kier molecular flexibility index (Phi) is 4.39. The van der Waals surface area contributed by atoms with Crippen molar-refractivity contribution in [2.75, 3.05) is 10.8 Å². The number of anilines is 1. The fourth-order valence-electron chi connectivity index (χ4n) is 2.25. The predicted octanol–water partition coefficient (Wildman–Crippen LogP) is 2.60. The van der Waals surface area contributed by atoms with Crippen molar-refractivity contribution >= 4 is 15.7 Å². The van der Waals surface area contributed by atoms with Crippen molar-refractivity contribution in [1.82, 2.24) is 0 Å². The van der Waals surface area contributed by atoms with E-state index in [-0.39, 0.29) is 23.0 Å². The van der Waals surface area contributed by atoms with Crippen molar-refractivity contribution in [3.63, 3.8) is 0 Å². The Labute approximate surface area is 124 Å². The minimum Gasteiger partial charge on any atom is -0.462 e. The van der Waals surface area contributed by atoms with E-state index in [0.29, 0.717) is 12.2 Å². The zero-order valence-corrected chi connectivity index (χ0v) is 13.1. The number of sulfonamides is 1. The van der Waals surface area contributed by atoms with Gasteiger partial charge in [-0.15, -0.1) is 0 Å². The van der Waals surface area contributed by atoms with Gasteiger partial charge in [-0.1, -0.05) is 12.1 Å². The van der Waals surface area contributed by atoms with Crippen LogP contribution in [0.5, 0.6) is 0 Å². The topological polar surface area (TPSA) is 70.8 Å². The molecule has 21 heavy (non-hydrogen) atoms. The van der Waals surface area contributed by atoms with Crippen LogP contribution in [0, 0.1) is 13.8 Å². The lowest BCUT2D eigenvalue weighted by Crippen LogP contribution is -2.31. The minimum absolute atomic E-state index is 0.0925. The van der Waals surface area contributed by atoms with Crippen molar-refractivity contribution in [3.8, 4) is 0 Å². The number of furan rings is 1. The highest BCUT2D eigenvalue weighted by Gasteiger charge is 2.28. The SMILES string of the molecule is CCN(c1cccc(C)c1)S(=O)(=O)c1cc(CO)oc1C. The summed E-state index contributed by atoms with van der Waals surface area (Å²) in [5, 5.41) is 9.09. The first-order valence-corrected chi connectivity index (χ1v) is 8.13. The average Bonchev–Trinajstić information content (AvgIpc) is 2.81. The standard InChI is InChI=1S/C15H19NO4S/c1-4-16(13-7-5-6-11(2)8-13)21(18,19)15-9-14(10-17)20-12(15)3/h5-9,17H,4,10H2,1-3H3. The normalized spacial score (nSPS) is 11.6. The number of hydrogen-bond acceptors (Lipinski definition) is 4. The molecule has 1 heterocycles. The summed E-state index contributed by atoms with van der Waals surface area (Å²) in [5.74, 6) is 0.525. The smallest absolute Gasteiger partial charge is 0.267 e. The van der Waals surface area contributed by atoms with Crippen molar-refractivity contribution in [3.05, 3.63) is 47.4 Å². The van der Waals surface area contributed by atoms with Crippen molar-refractivity contribution < 1.29 is 17.9 Å². The lowest BCUT2D eigenvalue weighted by atomic mass is 10.2. The van der Waals surface area contributed by atoms with Crippen LogP contribution >= 0.6 is 0 Å². The van der Waals surface area contributed by atoms with Gasteiger partial charge in [0.25, 0.3) is 10.0 Å². The molecule has 1 N–H and O–H groups in total. The van der Waals surface area contributed by atoms with E-state index in [9.17, 15) is 8.42 Å². The van der Waals surface area contributed by atoms with Gasteiger partial charge in [-0.3, -0.25) is 4.31 Å². The fourth-order valence-corrected chi connectivity index (χ4v) is 3.91. The van der Waals surface area contributed by atoms with E-state index in [1.807, 2.05) is 25.1 Å². The van der Waals surface area contributed by atoms with Crippen LogP contribution in [0.1, 0.15) is 24.0 Å². The largest absolute Gasteiger partial charge is 0.462 e. The highest BCUT2D eigenvalue weighted by atomic mass is 32.2. The molecule has 0 fully saturated rings. The highest BCUT2D eigenvalue weighted by molar-refractivity contribution is 7.92. The van der Waals surface area contributed by atoms with Crippen LogP contribution in [0.2, 0.25) is 0 Å². The van der Waals surface area contributed by atoms with E-state index in [4.69, 9.17) is 9.52 Å². The first-order chi connectivity index (χ1) is 9.90. The minimum atomic E-state index is -3.71. The monoisotopic (exact) mass is 309 g/mol. The Balaban J connectivity index is 2.51. The summed E-state index contributed by atoms with van der Waals surface area (Å²) in [7, 11) is -3.71. The Hall–Kier alpha value is -1.79. The zero-order valence-electron chi connectivity index (χ0n) is 12.3. The van der Waals surface area contributed by atoms with Gasteiger partial charge in [-0.05, 0) is 38.5 Å². The first-order valence-electron chi connectivity index (χ1n) is 6.69. The molecule has 5 nitrogen and oxygen atoms in total. The van der Waals surface area contributed by atoms with E-state index >= 15 is 0 Å². The van der Waals surface area contributed by atoms with Crippen LogP contribution in [0.25, 0.3) is 0 Å². The summed E-state index contributed by atoms with van der Waals surface area (Å²) in [4.78, 5) is 0.0925. The summed E-state index contributed by atoms with van der Waals surface area (Å²) in [6.07, 6.45) is 0. The zero-order chi connectivity index (χ0) is 15.6. The maximum Gasteiger partial charge on any atom is 0.267 e. The number of hydrogen-bond donors (Lipinski definition) is 1. The molecular formula is C15H19NO4S. The maximum absolute atomic E-state index is 12.8. The highest BCUT2D eigenvalue weighted by Crippen LogP contribution is 2.28. The second-order valence-corrected chi connectivity index (χ2v) is 6.63. The van der Waals surface area contributed by atoms with Crippen molar-refractivity contribution in [2.45, 2.75) is 32.3 Å². The van der Waals surface area contributed by atoms with Gasteiger partial charge in [-0.25, -0.2) is 8.42 Å². The maximum atomic E-state index is 12.8. The molecule has 0 aliphatic heterocycles. The van der Waals surface area contributed by atoms with E-state index in [2.05, 4.69) is 0 Å². The van der Waals surface area contributed by atoms with E-state index in [0.717, 1.165) is 5.56 Å². The fraction of sp³-hybridized carbons (Fsp3) is 0.333. The Morgan fingerprint density at radius 3 is 2.48 bits per heavy atom. The third-order valence-corrected chi connectivity index (χ3v) is 5.23. The van der Waals surface area contributed by atoms with Gasteiger partial charge in [0.1, 0.15) is 23.0 Å². The van der Waals surface area contributed by atoms with Gasteiger partial charge in [-0.2, -0.15) is 0 Å². The van der Waals surface area contributed by atoms with Gasteiger partial charge in [0.2, 0.25) is 0 Å². The van der Waals surface area contributed by atoms with Crippen LogP contribution in [0.4, 0.5) is 5.69 Å². The van der Waals surface area contributed by atoms with Gasteiger partial charge in [0.15, 0.2) is 0 Å². The number of rotatable bonds is 5. The van der Waals surface area contributed by atoms with Crippen molar-refractivity contribution in [2.24, 2.45) is 0 Å². The Bertz CT molecular complexity index is 734. The molecule has 1 aromatic heterocycles. The van der Waals surface area contributed by atoms with Gasteiger partial charge >= 0.3 is 0 Å². The number of aliphatic hydroxyl groups excluding tert-OH is 1. The first kappa shape index (κ1) is 15.6. The third-order valence-electron chi connectivity index (χ3n) is 3.22. The molecule has 0 atom stereocenters. The Morgan fingerprint density at radius 2 is 1.95 bits per heavy atom. The quantitative estimate of drug-likeness (QED) is 0.921. The molecule has 0 bridgehead atoms. The third kappa shape index (κ3) is 2.96. The van der Waals surface area contributed by atoms with Crippen LogP contribution in [0.3, 0.4) is 0 Å². The van der Waals surface area contributed by atoms with Gasteiger partial charge in [0, 0.05) is 12.6 Å². The Morgan fingerprint density at radius 1 is 1.24 bits per heavy atom. The number of nitrogens with zero attached hydrogens (tertiary/aromatic N) is 1. The van der Waals surface area contributed by atoms with Crippen LogP contribution < -0.4 is 4.31 Å². The molecule has 0 saturated heterocycles. The lowest BCUT2D eigenvalue weighted by Gasteiger charge is -2.22. The molecule has 0 saturated carbocycles. The second kappa shape index (κ2) is 5.91. The van der Waals surface area contributed by atoms with Crippen LogP contribution in [-0.2, 0) is 16.6 Å². The molecule has 6 heteroatoms. The number of benzene rings is 1. The van der Waals surface area contributed by atoms with Crippen molar-refractivity contribution in [1.29, 1.82) is 0 Å². The van der Waals surface area contributed by atoms with Crippen LogP contribution in [0.15, 0.2) is 39.6 Å². The molecule has 0 spiro atoms. The molecule has 1 aromatic carbocycles. The molecule has 2 rings (SSSR count). The number of aryl methyl sites for hydroxylation is 2. The summed E-state index contributed by atoms with van der Waals surface area (Å²) in [6, 6.07) is 8.70. The van der Waals surface area contributed by atoms with Gasteiger partial charge in [0.05, 0.1) is 5.69 Å². The molecule has 114 valence electrons. The number of aliphatic hydroxyl groups is 1. The molecular weight excluding hydrogens is 290 g/mol. The predicted molar refractivity (Wildman–Crippen MR) is 80.8 cm³/mol.